The fourth-order valence-electron chi connectivity index (χ4n) is 1.13. The summed E-state index contributed by atoms with van der Waals surface area (Å²) in [7, 11) is 0. The molecular formula is C10H11NO2. The monoisotopic (exact) mass is 177 g/mol. The molecule has 1 fully saturated rings. The smallest absolute Gasteiger partial charge is 0.258 e. The summed E-state index contributed by atoms with van der Waals surface area (Å²) in [5.74, 6) is -0.639. The van der Waals surface area contributed by atoms with Crippen LogP contribution < -0.4 is 5.32 Å². The molecule has 1 aliphatic rings. The molecule has 0 radical (unpaired) electrons. The highest BCUT2D eigenvalue weighted by Crippen LogP contribution is 2.16. The summed E-state index contributed by atoms with van der Waals surface area (Å²) in [5.41, 5.74) is 0.883. The van der Waals surface area contributed by atoms with E-state index in [-0.39, 0.29) is 11.8 Å². The standard InChI is InChI=1S/C10H11NO2/c1-3-5-6-8-7(4-2)9(12)11-10(8)13/h3-6H,1-2H3,(H,11,12,13)/b5-3+,7-4+,8-6+. The third-order valence-corrected chi connectivity index (χ3v) is 1.75. The second kappa shape index (κ2) is 3.85. The largest absolute Gasteiger partial charge is 0.288 e. The van der Waals surface area contributed by atoms with E-state index < -0.39 is 0 Å². The topological polar surface area (TPSA) is 46.2 Å². The van der Waals surface area contributed by atoms with Crippen molar-refractivity contribution in [2.24, 2.45) is 0 Å². The van der Waals surface area contributed by atoms with Crippen LogP contribution in [0, 0.1) is 0 Å². The third kappa shape index (κ3) is 1.75. The van der Waals surface area contributed by atoms with E-state index >= 15 is 0 Å². The van der Waals surface area contributed by atoms with Crippen LogP contribution in [0.15, 0.2) is 35.5 Å². The molecule has 1 N–H and O–H groups in total. The lowest BCUT2D eigenvalue weighted by Crippen LogP contribution is -2.19. The average Bonchev–Trinajstić information content (AvgIpc) is 2.37. The summed E-state index contributed by atoms with van der Waals surface area (Å²) >= 11 is 0. The van der Waals surface area contributed by atoms with Crippen molar-refractivity contribution >= 4 is 11.8 Å². The maximum Gasteiger partial charge on any atom is 0.258 e. The normalized spacial score (nSPS) is 23.5. The van der Waals surface area contributed by atoms with E-state index in [1.165, 1.54) is 0 Å². The number of nitrogens with one attached hydrogen (secondary N) is 1. The van der Waals surface area contributed by atoms with Crippen LogP contribution in [-0.4, -0.2) is 11.8 Å². The molecule has 68 valence electrons. The number of hydrogen-bond donors (Lipinski definition) is 1. The minimum Gasteiger partial charge on any atom is -0.288 e. The lowest BCUT2D eigenvalue weighted by atomic mass is 10.1. The second-order valence-corrected chi connectivity index (χ2v) is 2.59. The SMILES string of the molecule is C/C=C/C=C1/C(=O)NC(=O)/C1=C/C. The summed E-state index contributed by atoms with van der Waals surface area (Å²) in [6.07, 6.45) is 6.80. The molecule has 1 saturated heterocycles. The average molecular weight is 177 g/mol. The Labute approximate surface area is 76.8 Å². The quantitative estimate of drug-likeness (QED) is 0.481. The fraction of sp³-hybridized carbons (Fsp3) is 0.200. The van der Waals surface area contributed by atoms with Crippen molar-refractivity contribution in [3.63, 3.8) is 0 Å². The molecule has 0 saturated carbocycles. The van der Waals surface area contributed by atoms with Crippen molar-refractivity contribution in [3.05, 3.63) is 35.5 Å². The zero-order valence-corrected chi connectivity index (χ0v) is 7.63. The summed E-state index contributed by atoms with van der Waals surface area (Å²) in [6.45, 7) is 3.58. The van der Waals surface area contributed by atoms with Gasteiger partial charge in [-0.25, -0.2) is 0 Å². The number of rotatable bonds is 1. The molecule has 0 aromatic carbocycles. The van der Waals surface area contributed by atoms with E-state index in [0.717, 1.165) is 0 Å². The maximum absolute atomic E-state index is 11.2. The number of allylic oxidation sites excluding steroid dienone is 4. The highest BCUT2D eigenvalue weighted by atomic mass is 16.2. The van der Waals surface area contributed by atoms with Crippen molar-refractivity contribution in [2.75, 3.05) is 0 Å². The van der Waals surface area contributed by atoms with Crippen LogP contribution in [0.4, 0.5) is 0 Å². The molecule has 1 heterocycles. The van der Waals surface area contributed by atoms with Gasteiger partial charge in [0, 0.05) is 5.57 Å². The Morgan fingerprint density at radius 3 is 2.23 bits per heavy atom. The molecule has 0 atom stereocenters. The molecule has 0 spiro atoms. The predicted molar refractivity (Wildman–Crippen MR) is 49.8 cm³/mol. The van der Waals surface area contributed by atoms with E-state index in [0.29, 0.717) is 11.1 Å². The van der Waals surface area contributed by atoms with Crippen molar-refractivity contribution < 1.29 is 9.59 Å². The Morgan fingerprint density at radius 2 is 1.69 bits per heavy atom. The molecule has 13 heavy (non-hydrogen) atoms. The van der Waals surface area contributed by atoms with E-state index in [1.807, 2.05) is 6.92 Å². The summed E-state index contributed by atoms with van der Waals surface area (Å²) in [4.78, 5) is 22.3. The molecule has 3 heteroatoms. The Balaban J connectivity index is 3.08. The number of carbonyl (C=O) groups is 2. The van der Waals surface area contributed by atoms with E-state index in [2.05, 4.69) is 5.32 Å². The van der Waals surface area contributed by atoms with Crippen LogP contribution in [0.2, 0.25) is 0 Å². The van der Waals surface area contributed by atoms with Crippen molar-refractivity contribution in [3.8, 4) is 0 Å². The molecular weight excluding hydrogens is 166 g/mol. The molecule has 3 nitrogen and oxygen atoms in total. The van der Waals surface area contributed by atoms with Crippen molar-refractivity contribution in [1.82, 2.24) is 5.32 Å². The summed E-state index contributed by atoms with van der Waals surface area (Å²) in [5, 5.41) is 2.23. The van der Waals surface area contributed by atoms with Crippen LogP contribution >= 0.6 is 0 Å². The number of imide groups is 1. The van der Waals surface area contributed by atoms with Crippen LogP contribution in [0.1, 0.15) is 13.8 Å². The molecule has 0 aromatic heterocycles. The predicted octanol–water partition coefficient (Wildman–Crippen LogP) is 1.09. The van der Waals surface area contributed by atoms with Gasteiger partial charge in [0.25, 0.3) is 11.8 Å². The van der Waals surface area contributed by atoms with Crippen molar-refractivity contribution in [2.45, 2.75) is 13.8 Å². The number of carbonyl (C=O) groups excluding carboxylic acids is 2. The highest BCUT2D eigenvalue weighted by Gasteiger charge is 2.28. The Kier molecular flexibility index (Phi) is 2.80. The van der Waals surface area contributed by atoms with Crippen LogP contribution in [-0.2, 0) is 9.59 Å². The lowest BCUT2D eigenvalue weighted by Gasteiger charge is -1.90. The van der Waals surface area contributed by atoms with Gasteiger partial charge in [0.2, 0.25) is 0 Å². The lowest BCUT2D eigenvalue weighted by molar-refractivity contribution is -0.123. The van der Waals surface area contributed by atoms with Crippen LogP contribution in [0.3, 0.4) is 0 Å². The summed E-state index contributed by atoms with van der Waals surface area (Å²) in [6, 6.07) is 0. The Morgan fingerprint density at radius 1 is 1.08 bits per heavy atom. The third-order valence-electron chi connectivity index (χ3n) is 1.75. The van der Waals surface area contributed by atoms with Crippen LogP contribution in [0.25, 0.3) is 0 Å². The molecule has 1 rings (SSSR count). The van der Waals surface area contributed by atoms with Crippen molar-refractivity contribution in [1.29, 1.82) is 0 Å². The van der Waals surface area contributed by atoms with Gasteiger partial charge in [0.1, 0.15) is 0 Å². The highest BCUT2D eigenvalue weighted by molar-refractivity contribution is 6.24. The first-order valence-corrected chi connectivity index (χ1v) is 4.06. The molecule has 0 unspecified atom stereocenters. The minimum atomic E-state index is -0.323. The van der Waals surface area contributed by atoms with Gasteiger partial charge in [-0.15, -0.1) is 0 Å². The molecule has 0 aromatic rings. The van der Waals surface area contributed by atoms with Gasteiger partial charge in [-0.1, -0.05) is 18.2 Å². The number of amides is 2. The zero-order valence-electron chi connectivity index (χ0n) is 7.63. The fourth-order valence-corrected chi connectivity index (χ4v) is 1.13. The molecule has 1 aliphatic heterocycles. The van der Waals surface area contributed by atoms with Gasteiger partial charge in [0.15, 0.2) is 0 Å². The van der Waals surface area contributed by atoms with Crippen LogP contribution in [0.5, 0.6) is 0 Å². The van der Waals surface area contributed by atoms with E-state index in [9.17, 15) is 9.59 Å². The van der Waals surface area contributed by atoms with Gasteiger partial charge < -0.3 is 0 Å². The maximum atomic E-state index is 11.2. The van der Waals surface area contributed by atoms with Gasteiger partial charge in [-0.3, -0.25) is 14.9 Å². The molecule has 0 bridgehead atoms. The Hall–Kier alpha value is -1.64. The van der Waals surface area contributed by atoms with Gasteiger partial charge in [-0.2, -0.15) is 0 Å². The summed E-state index contributed by atoms with van der Waals surface area (Å²) < 4.78 is 0. The first-order chi connectivity index (χ1) is 6.20. The van der Waals surface area contributed by atoms with E-state index in [4.69, 9.17) is 0 Å². The molecule has 0 aliphatic carbocycles. The minimum absolute atomic E-state index is 0.316. The first-order valence-electron chi connectivity index (χ1n) is 4.06. The first kappa shape index (κ1) is 9.45. The number of hydrogen-bond acceptors (Lipinski definition) is 2. The zero-order chi connectivity index (χ0) is 9.84. The van der Waals surface area contributed by atoms with E-state index in [1.54, 1.807) is 31.2 Å². The second-order valence-electron chi connectivity index (χ2n) is 2.59. The Bertz CT molecular complexity index is 335. The van der Waals surface area contributed by atoms with Gasteiger partial charge in [0.05, 0.1) is 5.57 Å². The van der Waals surface area contributed by atoms with Gasteiger partial charge in [-0.05, 0) is 19.9 Å². The van der Waals surface area contributed by atoms with Gasteiger partial charge >= 0.3 is 0 Å². The molecule has 2 amide bonds.